The zero-order chi connectivity index (χ0) is 20.2. The third-order valence-electron chi connectivity index (χ3n) is 2.32. The molecule has 0 aliphatic rings. The van der Waals surface area contributed by atoms with Crippen molar-refractivity contribution in [3.63, 3.8) is 0 Å². The summed E-state index contributed by atoms with van der Waals surface area (Å²) in [7, 11) is 0. The molecule has 0 fully saturated rings. The Morgan fingerprint density at radius 3 is 1.12 bits per heavy atom. The number of benzene rings is 1. The minimum atomic E-state index is -1.06. The summed E-state index contributed by atoms with van der Waals surface area (Å²) < 4.78 is 9.75. The van der Waals surface area contributed by atoms with Crippen LogP contribution in [0.25, 0.3) is 0 Å². The predicted octanol–water partition coefficient (Wildman–Crippen LogP) is -0.942. The first-order chi connectivity index (χ1) is 12.4. The highest BCUT2D eigenvalue weighted by molar-refractivity contribution is 5.91. The van der Waals surface area contributed by atoms with Crippen LogP contribution in [-0.4, -0.2) is 95.4 Å². The molecule has 0 radical (unpaired) electrons. The number of hydrogen-bond acceptors (Lipinski definition) is 8. The van der Waals surface area contributed by atoms with Crippen LogP contribution in [0.2, 0.25) is 0 Å². The van der Waals surface area contributed by atoms with Gasteiger partial charge in [-0.2, -0.15) is 0 Å². The van der Waals surface area contributed by atoms with Gasteiger partial charge in [-0.3, -0.25) is 0 Å². The number of aromatic carboxylic acids is 2. The molecule has 0 aromatic heterocycles. The Bertz CT molecular complexity index is 418. The summed E-state index contributed by atoms with van der Waals surface area (Å²) in [4.78, 5) is 20.7. The molecule has 0 bridgehead atoms. The molecule has 0 unspecified atom stereocenters. The molecule has 0 saturated heterocycles. The lowest BCUT2D eigenvalue weighted by atomic mass is 10.1. The predicted molar refractivity (Wildman–Crippen MR) is 90.3 cm³/mol. The maximum Gasteiger partial charge on any atom is 0.335 e. The van der Waals surface area contributed by atoms with E-state index in [2.05, 4.69) is 0 Å². The monoisotopic (exact) mass is 378 g/mol. The van der Waals surface area contributed by atoms with E-state index < -0.39 is 11.9 Å². The van der Waals surface area contributed by atoms with Gasteiger partial charge in [0.25, 0.3) is 0 Å². The summed E-state index contributed by atoms with van der Waals surface area (Å²) >= 11 is 0. The number of hydrogen-bond donors (Lipinski definition) is 6. The number of ether oxygens (including phenoxy) is 2. The second kappa shape index (κ2) is 19.2. The van der Waals surface area contributed by atoms with Gasteiger partial charge in [0.1, 0.15) is 0 Å². The first-order valence-corrected chi connectivity index (χ1v) is 7.60. The fraction of sp³-hybridized carbons (Fsp3) is 0.500. The van der Waals surface area contributed by atoms with E-state index in [1.165, 1.54) is 24.3 Å². The van der Waals surface area contributed by atoms with E-state index in [-0.39, 0.29) is 37.6 Å². The van der Waals surface area contributed by atoms with E-state index in [1.807, 2.05) is 0 Å². The van der Waals surface area contributed by atoms with E-state index in [1.54, 1.807) is 0 Å². The lowest BCUT2D eigenvalue weighted by molar-refractivity contribution is 0.0222. The van der Waals surface area contributed by atoms with E-state index in [4.69, 9.17) is 40.1 Å². The van der Waals surface area contributed by atoms with E-state index in [0.717, 1.165) is 0 Å². The Hall–Kier alpha value is -2.08. The molecule has 10 heteroatoms. The Balaban J connectivity index is 0. The third-order valence-corrected chi connectivity index (χ3v) is 2.32. The van der Waals surface area contributed by atoms with Crippen molar-refractivity contribution < 1.29 is 49.7 Å². The van der Waals surface area contributed by atoms with Gasteiger partial charge in [-0.05, 0) is 24.3 Å². The Labute approximate surface area is 150 Å². The average Bonchev–Trinajstić information content (AvgIpc) is 2.65. The van der Waals surface area contributed by atoms with Gasteiger partial charge in [0, 0.05) is 0 Å². The minimum absolute atomic E-state index is 0.0417. The molecular formula is C16H26O10. The normalized spacial score (nSPS) is 9.38. The highest BCUT2D eigenvalue weighted by Crippen LogP contribution is 2.03. The molecule has 0 spiro atoms. The van der Waals surface area contributed by atoms with Crippen molar-refractivity contribution in [3.8, 4) is 0 Å². The van der Waals surface area contributed by atoms with Crippen LogP contribution in [0.3, 0.4) is 0 Å². The van der Waals surface area contributed by atoms with Gasteiger partial charge in [-0.25, -0.2) is 9.59 Å². The standard InChI is InChI=1S/C8H6O4.C6H14O4.C2H6O2/c9-7(10)5-1-2-6(4-3-5)8(11)12;7-1-3-9-5-6-10-4-2-8;3-1-2-4/h1-4H,(H,9,10)(H,11,12);7-8H,1-6H2;3-4H,1-2H2. The number of aliphatic hydroxyl groups excluding tert-OH is 4. The molecule has 0 heterocycles. The van der Waals surface area contributed by atoms with Crippen LogP contribution in [0, 0.1) is 0 Å². The minimum Gasteiger partial charge on any atom is -0.478 e. The van der Waals surface area contributed by atoms with Crippen molar-refractivity contribution in [1.82, 2.24) is 0 Å². The smallest absolute Gasteiger partial charge is 0.335 e. The summed E-state index contributed by atoms with van der Waals surface area (Å²) in [6.45, 7) is 1.48. The maximum atomic E-state index is 10.3. The Morgan fingerprint density at radius 1 is 0.615 bits per heavy atom. The molecule has 0 amide bonds. The number of carboxylic acid groups (broad SMARTS) is 2. The molecule has 10 nitrogen and oxygen atoms in total. The number of aliphatic hydroxyl groups is 4. The van der Waals surface area contributed by atoms with Gasteiger partial charge in [0.2, 0.25) is 0 Å². The fourth-order valence-corrected chi connectivity index (χ4v) is 1.21. The lowest BCUT2D eigenvalue weighted by Gasteiger charge is -2.01. The van der Waals surface area contributed by atoms with Crippen molar-refractivity contribution in [2.45, 2.75) is 0 Å². The van der Waals surface area contributed by atoms with Crippen molar-refractivity contribution in [2.75, 3.05) is 52.9 Å². The SMILES string of the molecule is O=C(O)c1ccc(C(=O)O)cc1.OCCO.OCCOCCOCCO. The summed E-state index contributed by atoms with van der Waals surface area (Å²) in [5.74, 6) is -2.13. The van der Waals surface area contributed by atoms with Crippen LogP contribution < -0.4 is 0 Å². The van der Waals surface area contributed by atoms with Crippen molar-refractivity contribution in [1.29, 1.82) is 0 Å². The second-order valence-corrected chi connectivity index (χ2v) is 4.31. The molecule has 0 aliphatic carbocycles. The van der Waals surface area contributed by atoms with Crippen LogP contribution >= 0.6 is 0 Å². The van der Waals surface area contributed by atoms with Crippen molar-refractivity contribution in [2.24, 2.45) is 0 Å². The van der Waals surface area contributed by atoms with Gasteiger partial charge in [0.15, 0.2) is 0 Å². The highest BCUT2D eigenvalue weighted by Gasteiger charge is 2.04. The van der Waals surface area contributed by atoms with Crippen LogP contribution in [0.1, 0.15) is 20.7 Å². The quantitative estimate of drug-likeness (QED) is 0.279. The summed E-state index contributed by atoms with van der Waals surface area (Å²) in [5, 5.41) is 48.7. The number of carbonyl (C=O) groups is 2. The maximum absolute atomic E-state index is 10.3. The van der Waals surface area contributed by atoms with Gasteiger partial charge < -0.3 is 40.1 Å². The zero-order valence-corrected chi connectivity index (χ0v) is 14.3. The second-order valence-electron chi connectivity index (χ2n) is 4.31. The largest absolute Gasteiger partial charge is 0.478 e. The van der Waals surface area contributed by atoms with Crippen LogP contribution in [-0.2, 0) is 9.47 Å². The molecule has 150 valence electrons. The van der Waals surface area contributed by atoms with E-state index in [0.29, 0.717) is 26.4 Å². The molecule has 1 aromatic rings. The first kappa shape index (κ1) is 26.2. The summed E-state index contributed by atoms with van der Waals surface area (Å²) in [5.41, 5.74) is 0.167. The van der Waals surface area contributed by atoms with E-state index in [9.17, 15) is 9.59 Å². The van der Waals surface area contributed by atoms with Crippen LogP contribution in [0.4, 0.5) is 0 Å². The molecule has 0 aliphatic heterocycles. The number of carboxylic acids is 2. The molecule has 6 N–H and O–H groups in total. The summed E-state index contributed by atoms with van der Waals surface area (Å²) in [6.07, 6.45) is 0. The molecule has 1 rings (SSSR count). The van der Waals surface area contributed by atoms with E-state index >= 15 is 0 Å². The van der Waals surface area contributed by atoms with Crippen molar-refractivity contribution >= 4 is 11.9 Å². The number of rotatable bonds is 10. The van der Waals surface area contributed by atoms with Gasteiger partial charge in [-0.15, -0.1) is 0 Å². The third kappa shape index (κ3) is 16.8. The Morgan fingerprint density at radius 2 is 0.923 bits per heavy atom. The van der Waals surface area contributed by atoms with Crippen molar-refractivity contribution in [3.05, 3.63) is 35.4 Å². The zero-order valence-electron chi connectivity index (χ0n) is 14.3. The molecular weight excluding hydrogens is 352 g/mol. The fourth-order valence-electron chi connectivity index (χ4n) is 1.21. The Kier molecular flexibility index (Phi) is 19.4. The van der Waals surface area contributed by atoms with Crippen LogP contribution in [0.15, 0.2) is 24.3 Å². The van der Waals surface area contributed by atoms with Gasteiger partial charge >= 0.3 is 11.9 Å². The topological polar surface area (TPSA) is 174 Å². The lowest BCUT2D eigenvalue weighted by Crippen LogP contribution is -2.09. The average molecular weight is 378 g/mol. The highest BCUT2D eigenvalue weighted by atomic mass is 16.5. The summed E-state index contributed by atoms with van der Waals surface area (Å²) in [6, 6.07) is 5.02. The molecule has 0 atom stereocenters. The first-order valence-electron chi connectivity index (χ1n) is 7.60. The van der Waals surface area contributed by atoms with Crippen LogP contribution in [0.5, 0.6) is 0 Å². The molecule has 26 heavy (non-hydrogen) atoms. The van der Waals surface area contributed by atoms with Gasteiger partial charge in [0.05, 0.1) is 64.0 Å². The molecule has 1 aromatic carbocycles. The molecule has 0 saturated carbocycles. The van der Waals surface area contributed by atoms with Gasteiger partial charge in [-0.1, -0.05) is 0 Å².